The number of nitro groups is 1. The summed E-state index contributed by atoms with van der Waals surface area (Å²) in [5, 5.41) is 31.3. The standard InChI is InChI=1S/C31H27BrN6O7S/c1-3-43-30(40)27-18(2)35-31(46)36-28(27)22-10-6-7-11-25(22)44-17-26(39)37-34-15-19-12-23(32)29(24(13-19)38(41)42)45-16-21-9-5-4-8-20(21)14-33/h4-13,15,28H,3,16-17H2,1-2H3,(H,37,39)(H2,35,36,46)/t28-/m1/s1. The number of thiocarbonyl (C=S) groups is 1. The van der Waals surface area contributed by atoms with E-state index in [4.69, 9.17) is 26.4 Å². The Morgan fingerprint density at radius 1 is 1.20 bits per heavy atom. The van der Waals surface area contributed by atoms with Crippen LogP contribution in [-0.2, 0) is 20.9 Å². The Morgan fingerprint density at radius 2 is 1.93 bits per heavy atom. The number of esters is 1. The van der Waals surface area contributed by atoms with E-state index < -0.39 is 29.4 Å². The molecule has 0 spiro atoms. The zero-order chi connectivity index (χ0) is 33.2. The van der Waals surface area contributed by atoms with Crippen molar-refractivity contribution in [3.05, 3.63) is 109 Å². The minimum atomic E-state index is -0.688. The Labute approximate surface area is 277 Å². The minimum absolute atomic E-state index is 0.0221. The molecule has 0 saturated carbocycles. The van der Waals surface area contributed by atoms with Gasteiger partial charge in [-0.05, 0) is 60.2 Å². The number of nitrogens with one attached hydrogen (secondary N) is 3. The average Bonchev–Trinajstić information content (AvgIpc) is 3.03. The Kier molecular flexibility index (Phi) is 11.4. The van der Waals surface area contributed by atoms with Gasteiger partial charge in [-0.15, -0.1) is 0 Å². The van der Waals surface area contributed by atoms with E-state index in [1.165, 1.54) is 18.3 Å². The smallest absolute Gasteiger partial charge is 0.338 e. The molecule has 46 heavy (non-hydrogen) atoms. The van der Waals surface area contributed by atoms with Crippen LogP contribution in [0.2, 0.25) is 0 Å². The molecule has 1 atom stereocenters. The van der Waals surface area contributed by atoms with E-state index in [9.17, 15) is 25.0 Å². The van der Waals surface area contributed by atoms with Gasteiger partial charge in [0.2, 0.25) is 5.75 Å². The summed E-state index contributed by atoms with van der Waals surface area (Å²) in [6.45, 7) is 3.12. The monoisotopic (exact) mass is 706 g/mol. The van der Waals surface area contributed by atoms with Crippen molar-refractivity contribution in [3.63, 3.8) is 0 Å². The van der Waals surface area contributed by atoms with Gasteiger partial charge < -0.3 is 24.8 Å². The Hall–Kier alpha value is -5.33. The van der Waals surface area contributed by atoms with Crippen molar-refractivity contribution in [3.8, 4) is 17.6 Å². The summed E-state index contributed by atoms with van der Waals surface area (Å²) in [6, 6.07) is 17.8. The van der Waals surface area contributed by atoms with Crippen LogP contribution in [0.15, 0.2) is 81.5 Å². The molecule has 13 nitrogen and oxygen atoms in total. The van der Waals surface area contributed by atoms with Crippen LogP contribution >= 0.6 is 28.1 Å². The summed E-state index contributed by atoms with van der Waals surface area (Å²) in [5.74, 6) is -0.829. The van der Waals surface area contributed by atoms with E-state index in [0.717, 1.165) is 0 Å². The second-order valence-corrected chi connectivity index (χ2v) is 10.8. The molecule has 3 aromatic rings. The maximum atomic E-state index is 12.7. The molecule has 0 unspecified atom stereocenters. The molecular formula is C31H27BrN6O7S. The molecule has 0 saturated heterocycles. The molecule has 3 aromatic carbocycles. The predicted octanol–water partition coefficient (Wildman–Crippen LogP) is 4.69. The third-order valence-electron chi connectivity index (χ3n) is 6.51. The lowest BCUT2D eigenvalue weighted by molar-refractivity contribution is -0.386. The quantitative estimate of drug-likeness (QED) is 0.0782. The van der Waals surface area contributed by atoms with Gasteiger partial charge >= 0.3 is 11.7 Å². The van der Waals surface area contributed by atoms with E-state index in [1.54, 1.807) is 62.4 Å². The first-order valence-electron chi connectivity index (χ1n) is 13.7. The lowest BCUT2D eigenvalue weighted by atomic mass is 9.95. The molecule has 1 aliphatic heterocycles. The maximum absolute atomic E-state index is 12.7. The lowest BCUT2D eigenvalue weighted by Crippen LogP contribution is -2.45. The van der Waals surface area contributed by atoms with Gasteiger partial charge in [-0.1, -0.05) is 36.4 Å². The van der Waals surface area contributed by atoms with Crippen molar-refractivity contribution in [2.24, 2.45) is 5.10 Å². The average molecular weight is 708 g/mol. The van der Waals surface area contributed by atoms with Crippen molar-refractivity contribution in [1.82, 2.24) is 16.1 Å². The number of hydrazone groups is 1. The predicted molar refractivity (Wildman–Crippen MR) is 175 cm³/mol. The summed E-state index contributed by atoms with van der Waals surface area (Å²) in [6.07, 6.45) is 1.23. The van der Waals surface area contributed by atoms with Gasteiger partial charge in [-0.25, -0.2) is 10.2 Å². The maximum Gasteiger partial charge on any atom is 0.338 e. The lowest BCUT2D eigenvalue weighted by Gasteiger charge is -2.30. The highest BCUT2D eigenvalue weighted by Crippen LogP contribution is 2.37. The number of hydrogen-bond acceptors (Lipinski definition) is 10. The van der Waals surface area contributed by atoms with Gasteiger partial charge in [0, 0.05) is 28.5 Å². The zero-order valence-corrected chi connectivity index (χ0v) is 26.9. The number of hydrogen-bond donors (Lipinski definition) is 3. The van der Waals surface area contributed by atoms with Crippen LogP contribution in [-0.4, -0.2) is 41.3 Å². The van der Waals surface area contributed by atoms with Crippen molar-refractivity contribution in [1.29, 1.82) is 5.26 Å². The summed E-state index contributed by atoms with van der Waals surface area (Å²) in [7, 11) is 0. The van der Waals surface area contributed by atoms with Crippen LogP contribution in [0.1, 0.15) is 42.1 Å². The number of carbonyl (C=O) groups is 2. The van der Waals surface area contributed by atoms with Gasteiger partial charge in [0.15, 0.2) is 11.7 Å². The second-order valence-electron chi connectivity index (χ2n) is 9.58. The zero-order valence-electron chi connectivity index (χ0n) is 24.5. The van der Waals surface area contributed by atoms with Crippen molar-refractivity contribution < 1.29 is 28.7 Å². The molecule has 0 fully saturated rings. The second kappa shape index (κ2) is 15.6. The fourth-order valence-electron chi connectivity index (χ4n) is 4.47. The minimum Gasteiger partial charge on any atom is -0.483 e. The molecule has 0 aromatic heterocycles. The number of nitriles is 1. The molecule has 0 aliphatic carbocycles. The number of nitrogens with zero attached hydrogens (tertiary/aromatic N) is 3. The van der Waals surface area contributed by atoms with Crippen LogP contribution in [0.4, 0.5) is 5.69 Å². The molecule has 236 valence electrons. The number of amides is 1. The largest absolute Gasteiger partial charge is 0.483 e. The number of benzene rings is 3. The first kappa shape index (κ1) is 33.6. The highest BCUT2D eigenvalue weighted by molar-refractivity contribution is 9.10. The van der Waals surface area contributed by atoms with Gasteiger partial charge in [0.1, 0.15) is 12.4 Å². The van der Waals surface area contributed by atoms with Crippen LogP contribution in [0.5, 0.6) is 11.5 Å². The fourth-order valence-corrected chi connectivity index (χ4v) is 5.32. The van der Waals surface area contributed by atoms with Crippen LogP contribution in [0, 0.1) is 21.4 Å². The summed E-state index contributed by atoms with van der Waals surface area (Å²) >= 11 is 8.60. The molecular weight excluding hydrogens is 680 g/mol. The number of allylic oxidation sites excluding steroid dienone is 1. The van der Waals surface area contributed by atoms with Gasteiger partial charge in [-0.3, -0.25) is 14.9 Å². The molecule has 1 amide bonds. The Balaban J connectivity index is 1.43. The first-order chi connectivity index (χ1) is 22.1. The Bertz CT molecular complexity index is 1790. The van der Waals surface area contributed by atoms with E-state index in [1.807, 2.05) is 0 Å². The van der Waals surface area contributed by atoms with E-state index in [2.05, 4.69) is 43.2 Å². The van der Waals surface area contributed by atoms with Gasteiger partial charge in [-0.2, -0.15) is 10.4 Å². The summed E-state index contributed by atoms with van der Waals surface area (Å²) < 4.78 is 17.0. The number of rotatable bonds is 12. The normalized spacial score (nSPS) is 14.1. The number of para-hydroxylation sites is 1. The molecule has 15 heteroatoms. The molecule has 0 bridgehead atoms. The fraction of sp³-hybridized carbons (Fsp3) is 0.194. The number of halogens is 1. The third-order valence-corrected chi connectivity index (χ3v) is 7.32. The van der Waals surface area contributed by atoms with Gasteiger partial charge in [0.05, 0.1) is 45.5 Å². The summed E-state index contributed by atoms with van der Waals surface area (Å²) in [4.78, 5) is 36.5. The van der Waals surface area contributed by atoms with Crippen molar-refractivity contribution in [2.75, 3.05) is 13.2 Å². The number of carbonyl (C=O) groups excluding carboxylic acids is 2. The van der Waals surface area contributed by atoms with Crippen LogP contribution in [0.25, 0.3) is 0 Å². The molecule has 1 aliphatic rings. The SMILES string of the molecule is CCOC(=O)C1=C(C)NC(=S)N[C@@H]1c1ccccc1OCC(=O)NN=Cc1cc(Br)c(OCc2ccccc2C#N)c([N+](=O)[O-])c1. The molecule has 1 heterocycles. The highest BCUT2D eigenvalue weighted by atomic mass is 79.9. The first-order valence-corrected chi connectivity index (χ1v) is 14.9. The number of nitro benzene ring substituents is 1. The third kappa shape index (κ3) is 8.23. The van der Waals surface area contributed by atoms with Gasteiger partial charge in [0.25, 0.3) is 5.91 Å². The highest BCUT2D eigenvalue weighted by Gasteiger charge is 2.32. The Morgan fingerprint density at radius 3 is 2.67 bits per heavy atom. The molecule has 3 N–H and O–H groups in total. The summed E-state index contributed by atoms with van der Waals surface area (Å²) in [5.41, 5.74) is 4.68. The number of ether oxygens (including phenoxy) is 3. The van der Waals surface area contributed by atoms with E-state index in [0.29, 0.717) is 44.4 Å². The van der Waals surface area contributed by atoms with Crippen LogP contribution < -0.4 is 25.5 Å². The van der Waals surface area contributed by atoms with Crippen molar-refractivity contribution in [2.45, 2.75) is 26.5 Å². The van der Waals surface area contributed by atoms with E-state index in [-0.39, 0.29) is 29.1 Å². The molecule has 0 radical (unpaired) electrons. The topological polar surface area (TPSA) is 177 Å². The van der Waals surface area contributed by atoms with Crippen molar-refractivity contribution >= 4 is 57.0 Å². The molecule has 4 rings (SSSR count). The van der Waals surface area contributed by atoms with E-state index >= 15 is 0 Å². The van der Waals surface area contributed by atoms with Crippen LogP contribution in [0.3, 0.4) is 0 Å².